The van der Waals surface area contributed by atoms with Gasteiger partial charge in [0.05, 0.1) is 12.1 Å². The van der Waals surface area contributed by atoms with Gasteiger partial charge in [-0.05, 0) is 22.4 Å². The SMILES string of the molecule is O=C(c1n[nH]nc1Cl)N1N=C(c2ccc3ccccc3c2)C[C@]1(O)C(F)(F)F. The van der Waals surface area contributed by atoms with Gasteiger partial charge in [0.25, 0.3) is 5.72 Å². The summed E-state index contributed by atoms with van der Waals surface area (Å²) in [7, 11) is 0. The summed E-state index contributed by atoms with van der Waals surface area (Å²) >= 11 is 5.68. The highest BCUT2D eigenvalue weighted by Crippen LogP contribution is 2.42. The van der Waals surface area contributed by atoms with Gasteiger partial charge in [-0.2, -0.15) is 28.5 Å². The third-order valence-electron chi connectivity index (χ3n) is 4.42. The first kappa shape index (κ1) is 18.4. The van der Waals surface area contributed by atoms with Crippen molar-refractivity contribution in [2.24, 2.45) is 5.10 Å². The number of benzene rings is 2. The average molecular weight is 410 g/mol. The number of carbonyl (C=O) groups is 1. The number of nitrogens with one attached hydrogen (secondary N) is 1. The molecule has 2 aromatic carbocycles. The van der Waals surface area contributed by atoms with Crippen molar-refractivity contribution in [3.8, 4) is 0 Å². The second kappa shape index (κ2) is 6.28. The van der Waals surface area contributed by atoms with Crippen molar-refractivity contribution in [2.75, 3.05) is 0 Å². The number of aromatic nitrogens is 3. The Labute approximate surface area is 160 Å². The monoisotopic (exact) mass is 409 g/mol. The first-order valence-corrected chi connectivity index (χ1v) is 8.35. The van der Waals surface area contributed by atoms with Crippen LogP contribution in [-0.4, -0.2) is 49.0 Å². The van der Waals surface area contributed by atoms with Gasteiger partial charge in [0.1, 0.15) is 0 Å². The molecule has 1 atom stereocenters. The Kier molecular flexibility index (Phi) is 4.12. The van der Waals surface area contributed by atoms with Gasteiger partial charge in [-0.25, -0.2) is 0 Å². The summed E-state index contributed by atoms with van der Waals surface area (Å²) in [5, 5.41) is 24.2. The molecule has 0 bridgehead atoms. The third-order valence-corrected chi connectivity index (χ3v) is 4.69. The zero-order chi connectivity index (χ0) is 20.1. The average Bonchev–Trinajstić information content (AvgIpc) is 3.24. The number of aromatic amines is 1. The van der Waals surface area contributed by atoms with Crippen molar-refractivity contribution in [2.45, 2.75) is 18.3 Å². The summed E-state index contributed by atoms with van der Waals surface area (Å²) in [4.78, 5) is 12.5. The fourth-order valence-corrected chi connectivity index (χ4v) is 3.12. The highest BCUT2D eigenvalue weighted by molar-refractivity contribution is 6.32. The maximum Gasteiger partial charge on any atom is 0.438 e. The summed E-state index contributed by atoms with van der Waals surface area (Å²) in [6.07, 6.45) is -6.10. The maximum absolute atomic E-state index is 13.6. The second-order valence-corrected chi connectivity index (χ2v) is 6.54. The molecular weight excluding hydrogens is 399 g/mol. The van der Waals surface area contributed by atoms with E-state index in [0.717, 1.165) is 10.8 Å². The Morgan fingerprint density at radius 3 is 2.54 bits per heavy atom. The number of fused-ring (bicyclic) bond motifs is 1. The van der Waals surface area contributed by atoms with Crippen LogP contribution >= 0.6 is 11.6 Å². The van der Waals surface area contributed by atoms with Crippen molar-refractivity contribution in [1.82, 2.24) is 20.4 Å². The second-order valence-electron chi connectivity index (χ2n) is 6.18. The number of rotatable bonds is 2. The van der Waals surface area contributed by atoms with Gasteiger partial charge in [0.2, 0.25) is 0 Å². The van der Waals surface area contributed by atoms with Gasteiger partial charge in [-0.15, -0.1) is 10.2 Å². The van der Waals surface area contributed by atoms with Gasteiger partial charge in [0.15, 0.2) is 10.8 Å². The summed E-state index contributed by atoms with van der Waals surface area (Å²) < 4.78 is 40.9. The summed E-state index contributed by atoms with van der Waals surface area (Å²) in [6, 6.07) is 12.2. The molecule has 0 radical (unpaired) electrons. The van der Waals surface area contributed by atoms with E-state index < -0.39 is 35.1 Å². The van der Waals surface area contributed by atoms with Crippen LogP contribution in [-0.2, 0) is 0 Å². The first-order valence-electron chi connectivity index (χ1n) is 7.97. The molecule has 7 nitrogen and oxygen atoms in total. The number of halogens is 4. The molecule has 0 unspecified atom stereocenters. The van der Waals surface area contributed by atoms with E-state index in [4.69, 9.17) is 11.6 Å². The molecule has 4 rings (SSSR count). The third kappa shape index (κ3) is 2.81. The lowest BCUT2D eigenvalue weighted by Crippen LogP contribution is -2.56. The lowest BCUT2D eigenvalue weighted by Gasteiger charge is -2.32. The van der Waals surface area contributed by atoms with Crippen molar-refractivity contribution in [3.63, 3.8) is 0 Å². The van der Waals surface area contributed by atoms with Crippen molar-refractivity contribution in [1.29, 1.82) is 0 Å². The number of hydrogen-bond donors (Lipinski definition) is 2. The summed E-state index contributed by atoms with van der Waals surface area (Å²) in [5.74, 6) is -1.32. The van der Waals surface area contributed by atoms with E-state index in [1.54, 1.807) is 30.3 Å². The Bertz CT molecular complexity index is 1110. The van der Waals surface area contributed by atoms with Crippen LogP contribution < -0.4 is 0 Å². The number of amides is 1. The number of alkyl halides is 3. The molecule has 1 aromatic heterocycles. The fraction of sp³-hybridized carbons (Fsp3) is 0.176. The molecule has 11 heteroatoms. The molecule has 2 heterocycles. The highest BCUT2D eigenvalue weighted by atomic mass is 35.5. The molecule has 0 aliphatic carbocycles. The van der Waals surface area contributed by atoms with Gasteiger partial charge < -0.3 is 5.11 Å². The molecule has 1 amide bonds. The molecule has 0 fully saturated rings. The molecule has 0 saturated heterocycles. The van der Waals surface area contributed by atoms with Gasteiger partial charge in [0, 0.05) is 0 Å². The zero-order valence-electron chi connectivity index (χ0n) is 13.9. The van der Waals surface area contributed by atoms with Crippen LogP contribution in [0.3, 0.4) is 0 Å². The topological polar surface area (TPSA) is 94.5 Å². The maximum atomic E-state index is 13.6. The first-order chi connectivity index (χ1) is 13.2. The van der Waals surface area contributed by atoms with E-state index in [2.05, 4.69) is 15.3 Å². The minimum atomic E-state index is -5.17. The summed E-state index contributed by atoms with van der Waals surface area (Å²) in [6.45, 7) is 0. The van der Waals surface area contributed by atoms with Crippen LogP contribution in [0.15, 0.2) is 47.6 Å². The normalized spacial score (nSPS) is 19.9. The molecule has 0 saturated carbocycles. The lowest BCUT2D eigenvalue weighted by molar-refractivity contribution is -0.297. The van der Waals surface area contributed by atoms with Crippen LogP contribution in [0.4, 0.5) is 13.2 Å². The van der Waals surface area contributed by atoms with Crippen molar-refractivity contribution >= 4 is 34.0 Å². The van der Waals surface area contributed by atoms with E-state index in [0.29, 0.717) is 5.56 Å². The highest BCUT2D eigenvalue weighted by Gasteiger charge is 2.63. The molecular formula is C17H11ClF3N5O2. The number of nitrogens with zero attached hydrogens (tertiary/aromatic N) is 4. The van der Waals surface area contributed by atoms with Gasteiger partial charge in [-0.1, -0.05) is 48.0 Å². The quantitative estimate of drug-likeness (QED) is 0.680. The van der Waals surface area contributed by atoms with Crippen LogP contribution in [0.25, 0.3) is 10.8 Å². The van der Waals surface area contributed by atoms with Crippen molar-refractivity contribution < 1.29 is 23.1 Å². The minimum Gasteiger partial charge on any atom is -0.362 e. The molecule has 3 aromatic rings. The van der Waals surface area contributed by atoms with Crippen LogP contribution in [0.5, 0.6) is 0 Å². The number of hydrazone groups is 1. The zero-order valence-corrected chi connectivity index (χ0v) is 14.7. The van der Waals surface area contributed by atoms with E-state index >= 15 is 0 Å². The molecule has 1 aliphatic heterocycles. The van der Waals surface area contributed by atoms with Crippen LogP contribution in [0.2, 0.25) is 5.15 Å². The smallest absolute Gasteiger partial charge is 0.362 e. The van der Waals surface area contributed by atoms with Crippen LogP contribution in [0, 0.1) is 0 Å². The number of aliphatic hydroxyl groups is 1. The predicted molar refractivity (Wildman–Crippen MR) is 93.7 cm³/mol. The number of hydrogen-bond acceptors (Lipinski definition) is 5. The standard InChI is InChI=1S/C17H11ClF3N5O2/c18-14-13(22-25-23-14)15(27)26-16(28,17(19,20)21)8-12(24-26)11-6-5-9-3-1-2-4-10(9)7-11/h1-7,28H,8H2,(H,22,23,25)/t16-/m0/s1. The number of carbonyl (C=O) groups excluding carboxylic acids is 1. The molecule has 0 spiro atoms. The largest absolute Gasteiger partial charge is 0.438 e. The lowest BCUT2D eigenvalue weighted by atomic mass is 9.98. The Hall–Kier alpha value is -2.98. The molecule has 144 valence electrons. The molecule has 28 heavy (non-hydrogen) atoms. The van der Waals surface area contributed by atoms with Gasteiger partial charge in [-0.3, -0.25) is 4.79 Å². The van der Waals surface area contributed by atoms with E-state index in [1.807, 2.05) is 17.3 Å². The Morgan fingerprint density at radius 1 is 1.18 bits per heavy atom. The Morgan fingerprint density at radius 2 is 1.89 bits per heavy atom. The molecule has 2 N–H and O–H groups in total. The fourth-order valence-electron chi connectivity index (χ4n) is 2.96. The van der Waals surface area contributed by atoms with Crippen molar-refractivity contribution in [3.05, 3.63) is 58.9 Å². The van der Waals surface area contributed by atoms with Crippen LogP contribution in [0.1, 0.15) is 22.5 Å². The van der Waals surface area contributed by atoms with E-state index in [9.17, 15) is 23.1 Å². The minimum absolute atomic E-state index is 0.0404. The number of H-pyrrole nitrogens is 1. The van der Waals surface area contributed by atoms with E-state index in [1.165, 1.54) is 0 Å². The molecule has 1 aliphatic rings. The van der Waals surface area contributed by atoms with E-state index in [-0.39, 0.29) is 10.7 Å². The predicted octanol–water partition coefficient (Wildman–Crippen LogP) is 3.11. The Balaban J connectivity index is 1.80. The summed E-state index contributed by atoms with van der Waals surface area (Å²) in [5.41, 5.74) is -3.86. The van der Waals surface area contributed by atoms with Gasteiger partial charge >= 0.3 is 12.1 Å².